The Bertz CT molecular complexity index is 938. The summed E-state index contributed by atoms with van der Waals surface area (Å²) in [6.07, 6.45) is 6.49. The molecule has 0 spiro atoms. The van der Waals surface area contributed by atoms with Crippen molar-refractivity contribution in [2.75, 3.05) is 54.6 Å². The summed E-state index contributed by atoms with van der Waals surface area (Å²) in [5.41, 5.74) is 7.82. The van der Waals surface area contributed by atoms with Gasteiger partial charge in [-0.2, -0.15) is 9.97 Å². The van der Waals surface area contributed by atoms with Crippen LogP contribution in [0.15, 0.2) is 18.3 Å². The molecule has 3 N–H and O–H groups in total. The molecule has 0 bridgehead atoms. The maximum absolute atomic E-state index is 12.7. The third kappa shape index (κ3) is 4.77. The number of hydrogen-bond acceptors (Lipinski definition) is 8. The molecule has 0 unspecified atom stereocenters. The molecule has 2 aromatic rings. The molecule has 0 aromatic carbocycles. The first-order chi connectivity index (χ1) is 15.5. The van der Waals surface area contributed by atoms with Crippen molar-refractivity contribution in [1.29, 1.82) is 0 Å². The Morgan fingerprint density at radius 1 is 1.22 bits per heavy atom. The Morgan fingerprint density at radius 2 is 2.00 bits per heavy atom. The highest BCUT2D eigenvalue weighted by atomic mass is 16.2. The number of nitrogen functional groups attached to an aromatic ring is 1. The number of carbonyl (C=O) groups is 1. The second-order valence-corrected chi connectivity index (χ2v) is 8.88. The van der Waals surface area contributed by atoms with Crippen molar-refractivity contribution in [3.63, 3.8) is 0 Å². The Labute approximate surface area is 190 Å². The molecule has 0 atom stereocenters. The maximum atomic E-state index is 12.7. The smallest absolute Gasteiger partial charge is 0.233 e. The first-order valence-electron chi connectivity index (χ1n) is 11.5. The van der Waals surface area contributed by atoms with Crippen LogP contribution in [0.25, 0.3) is 0 Å². The van der Waals surface area contributed by atoms with Crippen LogP contribution in [0.3, 0.4) is 0 Å². The van der Waals surface area contributed by atoms with Crippen LogP contribution >= 0.6 is 0 Å². The quantitative estimate of drug-likeness (QED) is 0.605. The minimum Gasteiger partial charge on any atom is -0.383 e. The van der Waals surface area contributed by atoms with E-state index in [4.69, 9.17) is 5.73 Å². The van der Waals surface area contributed by atoms with Gasteiger partial charge in [-0.05, 0) is 45.0 Å². The number of nitrogens with zero attached hydrogens (tertiary/aromatic N) is 6. The molecule has 1 saturated heterocycles. The molecule has 32 heavy (non-hydrogen) atoms. The number of unbranched alkanes of at least 4 members (excludes halogenated alkanes) is 1. The molecule has 0 radical (unpaired) electrons. The summed E-state index contributed by atoms with van der Waals surface area (Å²) in [5, 5.41) is 3.21. The molecule has 9 nitrogen and oxygen atoms in total. The van der Waals surface area contributed by atoms with E-state index in [0.29, 0.717) is 35.7 Å². The first kappa shape index (κ1) is 22.3. The van der Waals surface area contributed by atoms with E-state index >= 15 is 0 Å². The topological polar surface area (TPSA) is 104 Å². The van der Waals surface area contributed by atoms with Gasteiger partial charge in [0.1, 0.15) is 17.5 Å². The highest BCUT2D eigenvalue weighted by Crippen LogP contribution is 2.32. The van der Waals surface area contributed by atoms with Gasteiger partial charge in [0.2, 0.25) is 11.9 Å². The Hall–Kier alpha value is -2.94. The minimum absolute atomic E-state index is 0.0125. The molecular formula is C23H34N8O. The standard InChI is InChI=1S/C23H34N8O/c1-4-5-10-25-23-27-21(24)18-13-20(32)31(22(18)28-23)15-16-6-7-19(26-14-16)30-11-8-17(9-12-30)29(2)3/h6-7,14,17H,4-5,8-13,15H2,1-3H3,(H3,24,25,27,28). The second-order valence-electron chi connectivity index (χ2n) is 8.88. The zero-order valence-corrected chi connectivity index (χ0v) is 19.3. The van der Waals surface area contributed by atoms with E-state index in [9.17, 15) is 4.79 Å². The average molecular weight is 439 g/mol. The summed E-state index contributed by atoms with van der Waals surface area (Å²) in [7, 11) is 4.29. The van der Waals surface area contributed by atoms with Crippen molar-refractivity contribution in [2.45, 2.75) is 51.6 Å². The third-order valence-corrected chi connectivity index (χ3v) is 6.38. The summed E-state index contributed by atoms with van der Waals surface area (Å²) >= 11 is 0. The molecule has 2 aliphatic heterocycles. The zero-order chi connectivity index (χ0) is 22.7. The Morgan fingerprint density at radius 3 is 2.66 bits per heavy atom. The van der Waals surface area contributed by atoms with Gasteiger partial charge in [0.05, 0.1) is 13.0 Å². The van der Waals surface area contributed by atoms with Gasteiger partial charge in [-0.25, -0.2) is 4.98 Å². The molecule has 0 aliphatic carbocycles. The fourth-order valence-electron chi connectivity index (χ4n) is 4.36. The number of nitrogens with one attached hydrogen (secondary N) is 1. The van der Waals surface area contributed by atoms with Gasteiger partial charge in [0.25, 0.3) is 0 Å². The molecule has 9 heteroatoms. The van der Waals surface area contributed by atoms with Crippen LogP contribution in [0.5, 0.6) is 0 Å². The van der Waals surface area contributed by atoms with Gasteiger partial charge in [-0.3, -0.25) is 9.69 Å². The lowest BCUT2D eigenvalue weighted by Crippen LogP contribution is -2.42. The van der Waals surface area contributed by atoms with Gasteiger partial charge in [0.15, 0.2) is 0 Å². The number of aromatic nitrogens is 3. The lowest BCUT2D eigenvalue weighted by molar-refractivity contribution is -0.117. The van der Waals surface area contributed by atoms with Crippen molar-refractivity contribution in [2.24, 2.45) is 0 Å². The first-order valence-corrected chi connectivity index (χ1v) is 11.5. The van der Waals surface area contributed by atoms with Gasteiger partial charge in [-0.15, -0.1) is 0 Å². The predicted molar refractivity (Wildman–Crippen MR) is 128 cm³/mol. The van der Waals surface area contributed by atoms with E-state index in [1.807, 2.05) is 6.20 Å². The second kappa shape index (κ2) is 9.68. The van der Waals surface area contributed by atoms with Crippen molar-refractivity contribution in [1.82, 2.24) is 19.9 Å². The van der Waals surface area contributed by atoms with E-state index in [0.717, 1.165) is 56.7 Å². The number of hydrogen-bond donors (Lipinski definition) is 2. The number of amides is 1. The van der Waals surface area contributed by atoms with Gasteiger partial charge in [-0.1, -0.05) is 19.4 Å². The van der Waals surface area contributed by atoms with Crippen LogP contribution in [0.2, 0.25) is 0 Å². The predicted octanol–water partition coefficient (Wildman–Crippen LogP) is 2.29. The van der Waals surface area contributed by atoms with Crippen LogP contribution in [0.1, 0.15) is 43.7 Å². The number of fused-ring (bicyclic) bond motifs is 1. The monoisotopic (exact) mass is 438 g/mol. The summed E-state index contributed by atoms with van der Waals surface area (Å²) in [6.45, 7) is 5.35. The number of carbonyl (C=O) groups excluding carboxylic acids is 1. The van der Waals surface area contributed by atoms with Crippen molar-refractivity contribution in [3.05, 3.63) is 29.5 Å². The molecule has 0 saturated carbocycles. The Kier molecular flexibility index (Phi) is 6.74. The van der Waals surface area contributed by atoms with E-state index in [-0.39, 0.29) is 12.3 Å². The van der Waals surface area contributed by atoms with E-state index < -0.39 is 0 Å². The van der Waals surface area contributed by atoms with E-state index in [1.165, 1.54) is 0 Å². The maximum Gasteiger partial charge on any atom is 0.233 e. The molecular weight excluding hydrogens is 404 g/mol. The highest BCUT2D eigenvalue weighted by molar-refractivity contribution is 6.01. The van der Waals surface area contributed by atoms with Crippen molar-refractivity contribution < 1.29 is 4.79 Å². The van der Waals surface area contributed by atoms with Crippen molar-refractivity contribution in [3.8, 4) is 0 Å². The number of piperidine rings is 1. The van der Waals surface area contributed by atoms with E-state index in [2.05, 4.69) is 63.2 Å². The number of rotatable bonds is 8. The van der Waals surface area contributed by atoms with Gasteiger partial charge in [0, 0.05) is 37.4 Å². The zero-order valence-electron chi connectivity index (χ0n) is 19.3. The van der Waals surface area contributed by atoms with Crippen LogP contribution < -0.4 is 20.9 Å². The van der Waals surface area contributed by atoms with Gasteiger partial charge >= 0.3 is 0 Å². The third-order valence-electron chi connectivity index (χ3n) is 6.38. The molecule has 4 rings (SSSR count). The molecule has 4 heterocycles. The molecule has 2 aromatic heterocycles. The van der Waals surface area contributed by atoms with Crippen LogP contribution in [0.4, 0.5) is 23.4 Å². The molecule has 1 fully saturated rings. The Balaban J connectivity index is 1.44. The summed E-state index contributed by atoms with van der Waals surface area (Å²) in [6, 6.07) is 4.75. The summed E-state index contributed by atoms with van der Waals surface area (Å²) in [4.78, 5) is 32.7. The van der Waals surface area contributed by atoms with Crippen LogP contribution in [-0.2, 0) is 17.8 Å². The number of pyridine rings is 1. The fraction of sp³-hybridized carbons (Fsp3) is 0.565. The average Bonchev–Trinajstić information content (AvgIpc) is 3.10. The summed E-state index contributed by atoms with van der Waals surface area (Å²) in [5.74, 6) is 2.44. The number of anilines is 4. The normalized spacial score (nSPS) is 16.7. The van der Waals surface area contributed by atoms with Crippen LogP contribution in [0, 0.1) is 0 Å². The van der Waals surface area contributed by atoms with Crippen molar-refractivity contribution >= 4 is 29.3 Å². The summed E-state index contributed by atoms with van der Waals surface area (Å²) < 4.78 is 0. The largest absolute Gasteiger partial charge is 0.383 e. The number of nitrogens with two attached hydrogens (primary N) is 1. The molecule has 2 aliphatic rings. The molecule has 1 amide bonds. The lowest BCUT2D eigenvalue weighted by atomic mass is 10.0. The fourth-order valence-corrected chi connectivity index (χ4v) is 4.36. The van der Waals surface area contributed by atoms with Gasteiger partial charge < -0.3 is 20.9 Å². The SMILES string of the molecule is CCCCNc1nc(N)c2c(n1)N(Cc1ccc(N3CCC(N(C)C)CC3)nc1)C(=O)C2. The van der Waals surface area contributed by atoms with E-state index in [1.54, 1.807) is 4.90 Å². The highest BCUT2D eigenvalue weighted by Gasteiger charge is 2.32. The minimum atomic E-state index is -0.0125. The molecule has 172 valence electrons. The van der Waals surface area contributed by atoms with Crippen LogP contribution in [-0.4, -0.2) is 65.5 Å². The lowest BCUT2D eigenvalue weighted by Gasteiger charge is -2.35.